The highest BCUT2D eigenvalue weighted by molar-refractivity contribution is 5.69. The average Bonchev–Trinajstić information content (AvgIpc) is 2.19. The van der Waals surface area contributed by atoms with Gasteiger partial charge in [0.1, 0.15) is 0 Å². The Morgan fingerprint density at radius 1 is 1.77 bits per heavy atom. The van der Waals surface area contributed by atoms with E-state index in [9.17, 15) is 9.90 Å². The number of nitrogens with one attached hydrogen (secondary N) is 1. The van der Waals surface area contributed by atoms with Crippen molar-refractivity contribution >= 4 is 5.97 Å². The number of aliphatic hydroxyl groups is 1. The van der Waals surface area contributed by atoms with E-state index in [0.29, 0.717) is 0 Å². The molecule has 2 atom stereocenters. The third kappa shape index (κ3) is 3.32. The molecule has 13 heavy (non-hydrogen) atoms. The van der Waals surface area contributed by atoms with E-state index in [-0.39, 0.29) is 18.3 Å². The minimum absolute atomic E-state index is 0.114. The lowest BCUT2D eigenvalue weighted by Gasteiger charge is -2.26. The molecule has 0 saturated carbocycles. The van der Waals surface area contributed by atoms with Gasteiger partial charge in [-0.05, 0) is 25.3 Å². The van der Waals surface area contributed by atoms with Gasteiger partial charge in [0.05, 0.1) is 19.6 Å². The number of hydrogen-bond acceptors (Lipinski definition) is 4. The molecule has 0 unspecified atom stereocenters. The first-order valence-corrected chi connectivity index (χ1v) is 4.69. The first-order chi connectivity index (χ1) is 6.24. The molecular weight excluding hydrogens is 170 g/mol. The Balaban J connectivity index is 2.28. The van der Waals surface area contributed by atoms with Crippen LogP contribution in [0, 0.1) is 5.92 Å². The zero-order valence-corrected chi connectivity index (χ0v) is 7.95. The molecule has 1 saturated heterocycles. The molecule has 2 N–H and O–H groups in total. The summed E-state index contributed by atoms with van der Waals surface area (Å²) < 4.78 is 4.49. The summed E-state index contributed by atoms with van der Waals surface area (Å²) in [4.78, 5) is 10.9. The van der Waals surface area contributed by atoms with Gasteiger partial charge in [0.2, 0.25) is 0 Å². The summed E-state index contributed by atoms with van der Waals surface area (Å²) in [6.07, 6.45) is 1.62. The lowest BCUT2D eigenvalue weighted by Crippen LogP contribution is -2.37. The molecule has 0 bridgehead atoms. The molecular formula is C9H17NO3. The third-order valence-electron chi connectivity index (χ3n) is 2.48. The fourth-order valence-corrected chi connectivity index (χ4v) is 1.63. The summed E-state index contributed by atoms with van der Waals surface area (Å²) in [5.41, 5.74) is 0. The van der Waals surface area contributed by atoms with Crippen molar-refractivity contribution in [2.75, 3.05) is 20.2 Å². The number of methoxy groups -OCH3 is 1. The van der Waals surface area contributed by atoms with Crippen LogP contribution in [0.5, 0.6) is 0 Å². The number of hydrogen-bond donors (Lipinski definition) is 2. The van der Waals surface area contributed by atoms with Crippen LogP contribution in [0.25, 0.3) is 0 Å². The van der Waals surface area contributed by atoms with Crippen LogP contribution in [-0.4, -0.2) is 37.4 Å². The lowest BCUT2D eigenvalue weighted by molar-refractivity contribution is -0.143. The molecule has 1 fully saturated rings. The van der Waals surface area contributed by atoms with Gasteiger partial charge in [-0.2, -0.15) is 0 Å². The molecule has 0 spiro atoms. The highest BCUT2D eigenvalue weighted by Crippen LogP contribution is 2.16. The van der Waals surface area contributed by atoms with Crippen LogP contribution in [0.4, 0.5) is 0 Å². The van der Waals surface area contributed by atoms with Gasteiger partial charge in [-0.15, -0.1) is 0 Å². The second-order valence-corrected chi connectivity index (χ2v) is 3.45. The number of carbonyl (C=O) groups excluding carboxylic acids is 1. The van der Waals surface area contributed by atoms with E-state index in [1.165, 1.54) is 7.11 Å². The highest BCUT2D eigenvalue weighted by atomic mass is 16.5. The summed E-state index contributed by atoms with van der Waals surface area (Å²) in [5, 5.41) is 12.8. The maximum Gasteiger partial charge on any atom is 0.308 e. The maximum absolute atomic E-state index is 10.9. The quantitative estimate of drug-likeness (QED) is 0.606. The summed E-state index contributed by atoms with van der Waals surface area (Å²) in [5.74, 6) is -0.133. The monoisotopic (exact) mass is 187 g/mol. The van der Waals surface area contributed by atoms with Gasteiger partial charge in [-0.1, -0.05) is 0 Å². The molecule has 4 nitrogen and oxygen atoms in total. The van der Waals surface area contributed by atoms with Crippen LogP contribution in [0.3, 0.4) is 0 Å². The van der Waals surface area contributed by atoms with Crippen LogP contribution in [-0.2, 0) is 9.53 Å². The van der Waals surface area contributed by atoms with E-state index in [0.717, 1.165) is 25.9 Å². The van der Waals surface area contributed by atoms with Crippen molar-refractivity contribution in [2.24, 2.45) is 5.92 Å². The number of ether oxygens (including phenoxy) is 1. The average molecular weight is 187 g/mol. The molecule has 0 aromatic heterocycles. The standard InChI is InChI=1S/C9H17NO3/c1-13-9(12)5-8(11)7-3-2-4-10-6-7/h7-8,10-11H,2-6H2,1H3/t7-,8-/m0/s1. The number of piperidine rings is 1. The molecule has 0 amide bonds. The van der Waals surface area contributed by atoms with Crippen molar-refractivity contribution in [3.8, 4) is 0 Å². The van der Waals surface area contributed by atoms with Crippen LogP contribution in [0.15, 0.2) is 0 Å². The molecule has 0 aliphatic carbocycles. The topological polar surface area (TPSA) is 58.6 Å². The molecule has 0 aromatic carbocycles. The van der Waals surface area contributed by atoms with Gasteiger partial charge in [-0.3, -0.25) is 4.79 Å². The third-order valence-corrected chi connectivity index (χ3v) is 2.48. The Labute approximate surface area is 78.3 Å². The zero-order valence-electron chi connectivity index (χ0n) is 7.95. The van der Waals surface area contributed by atoms with Gasteiger partial charge in [-0.25, -0.2) is 0 Å². The smallest absolute Gasteiger partial charge is 0.308 e. The van der Waals surface area contributed by atoms with E-state index in [2.05, 4.69) is 10.1 Å². The van der Waals surface area contributed by atoms with E-state index in [4.69, 9.17) is 0 Å². The Morgan fingerprint density at radius 2 is 2.54 bits per heavy atom. The number of carbonyl (C=O) groups is 1. The zero-order chi connectivity index (χ0) is 9.68. The Kier molecular flexibility index (Phi) is 4.18. The predicted octanol–water partition coefficient (Wildman–Crippen LogP) is -0.0900. The van der Waals surface area contributed by atoms with Crippen LogP contribution in [0.2, 0.25) is 0 Å². The SMILES string of the molecule is COC(=O)C[C@H](O)[C@H]1CCCNC1. The fourth-order valence-electron chi connectivity index (χ4n) is 1.63. The molecule has 0 aromatic rings. The van der Waals surface area contributed by atoms with Crippen molar-refractivity contribution in [1.29, 1.82) is 0 Å². The Bertz CT molecular complexity index is 166. The van der Waals surface area contributed by atoms with Crippen molar-refractivity contribution in [3.05, 3.63) is 0 Å². The Hall–Kier alpha value is -0.610. The molecule has 0 radical (unpaired) electrons. The minimum atomic E-state index is -0.555. The maximum atomic E-state index is 10.9. The van der Waals surface area contributed by atoms with Crippen LogP contribution < -0.4 is 5.32 Å². The summed E-state index contributed by atoms with van der Waals surface area (Å²) >= 11 is 0. The second-order valence-electron chi connectivity index (χ2n) is 3.45. The van der Waals surface area contributed by atoms with Crippen molar-refractivity contribution < 1.29 is 14.6 Å². The van der Waals surface area contributed by atoms with Crippen molar-refractivity contribution in [2.45, 2.75) is 25.4 Å². The normalized spacial score (nSPS) is 25.2. The largest absolute Gasteiger partial charge is 0.469 e. The molecule has 4 heteroatoms. The highest BCUT2D eigenvalue weighted by Gasteiger charge is 2.23. The molecule has 1 aliphatic heterocycles. The molecule has 1 rings (SSSR count). The molecule has 1 aliphatic rings. The predicted molar refractivity (Wildman–Crippen MR) is 48.2 cm³/mol. The minimum Gasteiger partial charge on any atom is -0.469 e. The van der Waals surface area contributed by atoms with Gasteiger partial charge in [0.25, 0.3) is 0 Å². The summed E-state index contributed by atoms with van der Waals surface area (Å²) in [6, 6.07) is 0. The lowest BCUT2D eigenvalue weighted by atomic mass is 9.92. The molecule has 76 valence electrons. The van der Waals surface area contributed by atoms with Gasteiger partial charge >= 0.3 is 5.97 Å². The van der Waals surface area contributed by atoms with Gasteiger partial charge < -0.3 is 15.2 Å². The summed E-state index contributed by atoms with van der Waals surface area (Å²) in [7, 11) is 1.34. The van der Waals surface area contributed by atoms with Crippen LogP contribution >= 0.6 is 0 Å². The number of aliphatic hydroxyl groups excluding tert-OH is 1. The van der Waals surface area contributed by atoms with E-state index in [1.54, 1.807) is 0 Å². The van der Waals surface area contributed by atoms with Crippen molar-refractivity contribution in [1.82, 2.24) is 5.32 Å². The number of esters is 1. The first-order valence-electron chi connectivity index (χ1n) is 4.69. The van der Waals surface area contributed by atoms with E-state index < -0.39 is 6.10 Å². The number of rotatable bonds is 3. The summed E-state index contributed by atoms with van der Waals surface area (Å²) in [6.45, 7) is 1.82. The first kappa shape index (κ1) is 10.5. The van der Waals surface area contributed by atoms with Gasteiger partial charge in [0, 0.05) is 6.54 Å². The molecule has 1 heterocycles. The van der Waals surface area contributed by atoms with E-state index in [1.807, 2.05) is 0 Å². The van der Waals surface area contributed by atoms with Gasteiger partial charge in [0.15, 0.2) is 0 Å². The Morgan fingerprint density at radius 3 is 3.08 bits per heavy atom. The fraction of sp³-hybridized carbons (Fsp3) is 0.889. The van der Waals surface area contributed by atoms with E-state index >= 15 is 0 Å². The second kappa shape index (κ2) is 5.19. The van der Waals surface area contributed by atoms with Crippen molar-refractivity contribution in [3.63, 3.8) is 0 Å². The van der Waals surface area contributed by atoms with Crippen LogP contribution in [0.1, 0.15) is 19.3 Å².